The maximum absolute atomic E-state index is 10.8. The van der Waals surface area contributed by atoms with Crippen LogP contribution in [-0.2, 0) is 10.1 Å². The molecule has 0 saturated heterocycles. The molecule has 5 nitrogen and oxygen atoms in total. The standard InChI is InChI=1S/C8H10O3S.2H2O/c1-6-4-3-5-8(7(6)2)12(9,10)11;;/h3-5H,1-2H3,(H,9,10,11);2*1H2. The first-order chi connectivity index (χ1) is 5.43. The number of aryl methyl sites for hydroxylation is 1. The third kappa shape index (κ3) is 3.08. The van der Waals surface area contributed by atoms with Crippen LogP contribution >= 0.6 is 0 Å². The second-order valence-electron chi connectivity index (χ2n) is 2.67. The predicted molar refractivity (Wildman–Crippen MR) is 53.0 cm³/mol. The van der Waals surface area contributed by atoms with Crippen LogP contribution in [0.15, 0.2) is 23.1 Å². The molecule has 0 atom stereocenters. The van der Waals surface area contributed by atoms with Crippen molar-refractivity contribution in [1.82, 2.24) is 0 Å². The third-order valence-corrected chi connectivity index (χ3v) is 2.83. The minimum Gasteiger partial charge on any atom is -0.412 e. The third-order valence-electron chi connectivity index (χ3n) is 1.83. The molecule has 0 heterocycles. The first-order valence-corrected chi connectivity index (χ1v) is 4.90. The molecule has 0 saturated carbocycles. The van der Waals surface area contributed by atoms with Crippen LogP contribution < -0.4 is 0 Å². The summed E-state index contributed by atoms with van der Waals surface area (Å²) in [6, 6.07) is 4.78. The Morgan fingerprint density at radius 3 is 2.00 bits per heavy atom. The van der Waals surface area contributed by atoms with Gasteiger partial charge in [0.1, 0.15) is 0 Å². The van der Waals surface area contributed by atoms with E-state index >= 15 is 0 Å². The van der Waals surface area contributed by atoms with Crippen molar-refractivity contribution in [2.24, 2.45) is 0 Å². The zero-order chi connectivity index (χ0) is 9.35. The monoisotopic (exact) mass is 222 g/mol. The summed E-state index contributed by atoms with van der Waals surface area (Å²) >= 11 is 0. The highest BCUT2D eigenvalue weighted by molar-refractivity contribution is 7.85. The van der Waals surface area contributed by atoms with E-state index in [0.717, 1.165) is 5.56 Å². The van der Waals surface area contributed by atoms with E-state index in [9.17, 15) is 8.42 Å². The fourth-order valence-electron chi connectivity index (χ4n) is 1.00. The van der Waals surface area contributed by atoms with Crippen LogP contribution in [0.25, 0.3) is 0 Å². The Bertz CT molecular complexity index is 396. The Morgan fingerprint density at radius 2 is 1.64 bits per heavy atom. The van der Waals surface area contributed by atoms with Crippen molar-refractivity contribution in [2.75, 3.05) is 0 Å². The fourth-order valence-corrected chi connectivity index (χ4v) is 1.80. The highest BCUT2D eigenvalue weighted by atomic mass is 32.2. The van der Waals surface area contributed by atoms with Gasteiger partial charge in [-0.3, -0.25) is 4.55 Å². The lowest BCUT2D eigenvalue weighted by Crippen LogP contribution is -2.01. The van der Waals surface area contributed by atoms with Gasteiger partial charge in [0.15, 0.2) is 0 Å². The van der Waals surface area contributed by atoms with Crippen LogP contribution in [0.2, 0.25) is 0 Å². The summed E-state index contributed by atoms with van der Waals surface area (Å²) in [5.41, 5.74) is 1.45. The molecule has 0 unspecified atom stereocenters. The van der Waals surface area contributed by atoms with Crippen molar-refractivity contribution in [3.05, 3.63) is 29.3 Å². The van der Waals surface area contributed by atoms with Gasteiger partial charge in [-0.25, -0.2) is 0 Å². The maximum Gasteiger partial charge on any atom is 0.294 e. The van der Waals surface area contributed by atoms with E-state index in [1.807, 2.05) is 0 Å². The van der Waals surface area contributed by atoms with Crippen LogP contribution in [0.5, 0.6) is 0 Å². The molecular weight excluding hydrogens is 208 g/mol. The second-order valence-corrected chi connectivity index (χ2v) is 4.06. The first-order valence-electron chi connectivity index (χ1n) is 3.46. The van der Waals surface area contributed by atoms with Gasteiger partial charge in [0, 0.05) is 0 Å². The Hall–Kier alpha value is -0.950. The Balaban J connectivity index is 0. The zero-order valence-corrected chi connectivity index (χ0v) is 8.72. The molecule has 5 N–H and O–H groups in total. The summed E-state index contributed by atoms with van der Waals surface area (Å²) in [5.74, 6) is 0. The van der Waals surface area contributed by atoms with Gasteiger partial charge in [-0.15, -0.1) is 0 Å². The van der Waals surface area contributed by atoms with Crippen LogP contribution in [0, 0.1) is 13.8 Å². The van der Waals surface area contributed by atoms with Gasteiger partial charge in [-0.1, -0.05) is 12.1 Å². The first kappa shape index (κ1) is 15.5. The molecule has 14 heavy (non-hydrogen) atoms. The molecule has 0 bridgehead atoms. The predicted octanol–water partition coefficient (Wildman–Crippen LogP) is -0.0993. The molecule has 0 amide bonds. The van der Waals surface area contributed by atoms with Gasteiger partial charge in [0.05, 0.1) is 4.90 Å². The van der Waals surface area contributed by atoms with Crippen LogP contribution in [-0.4, -0.2) is 23.9 Å². The molecule has 0 aliphatic carbocycles. The van der Waals surface area contributed by atoms with Gasteiger partial charge in [0.2, 0.25) is 0 Å². The largest absolute Gasteiger partial charge is 0.412 e. The zero-order valence-electron chi connectivity index (χ0n) is 7.90. The molecule has 82 valence electrons. The molecular formula is C8H14O5S. The lowest BCUT2D eigenvalue weighted by molar-refractivity contribution is 0.482. The normalized spacial score (nSPS) is 9.93. The second kappa shape index (κ2) is 5.06. The van der Waals surface area contributed by atoms with E-state index in [1.165, 1.54) is 6.07 Å². The van der Waals surface area contributed by atoms with E-state index in [2.05, 4.69) is 0 Å². The molecule has 0 aliphatic heterocycles. The van der Waals surface area contributed by atoms with Crippen molar-refractivity contribution in [3.8, 4) is 0 Å². The van der Waals surface area contributed by atoms with Gasteiger partial charge < -0.3 is 11.0 Å². The average molecular weight is 222 g/mol. The summed E-state index contributed by atoms with van der Waals surface area (Å²) in [7, 11) is -4.06. The number of rotatable bonds is 1. The highest BCUT2D eigenvalue weighted by Gasteiger charge is 2.12. The minimum atomic E-state index is -4.06. The van der Waals surface area contributed by atoms with Gasteiger partial charge in [-0.2, -0.15) is 8.42 Å². The molecule has 0 aromatic heterocycles. The maximum atomic E-state index is 10.8. The number of hydrogen-bond acceptors (Lipinski definition) is 2. The van der Waals surface area contributed by atoms with E-state index in [-0.39, 0.29) is 15.8 Å². The summed E-state index contributed by atoms with van der Waals surface area (Å²) in [5, 5.41) is 0. The number of benzene rings is 1. The smallest absolute Gasteiger partial charge is 0.294 e. The fraction of sp³-hybridized carbons (Fsp3) is 0.250. The van der Waals surface area contributed by atoms with Crippen molar-refractivity contribution >= 4 is 10.1 Å². The molecule has 1 rings (SSSR count). The van der Waals surface area contributed by atoms with Crippen LogP contribution in [0.3, 0.4) is 0 Å². The van der Waals surface area contributed by atoms with Gasteiger partial charge in [0.25, 0.3) is 10.1 Å². The molecule has 1 aromatic carbocycles. The Morgan fingerprint density at radius 1 is 1.14 bits per heavy atom. The van der Waals surface area contributed by atoms with Crippen molar-refractivity contribution in [1.29, 1.82) is 0 Å². The minimum absolute atomic E-state index is 0. The quantitative estimate of drug-likeness (QED) is 0.668. The number of hydrogen-bond donors (Lipinski definition) is 1. The average Bonchev–Trinajstić information content (AvgIpc) is 1.92. The lowest BCUT2D eigenvalue weighted by atomic mass is 10.1. The van der Waals surface area contributed by atoms with E-state index < -0.39 is 10.1 Å². The Labute approximate surface area is 82.8 Å². The molecule has 0 aliphatic rings. The van der Waals surface area contributed by atoms with Crippen LogP contribution in [0.1, 0.15) is 11.1 Å². The molecule has 0 radical (unpaired) electrons. The summed E-state index contributed by atoms with van der Waals surface area (Å²) in [6.45, 7) is 3.46. The SMILES string of the molecule is Cc1cccc(S(=O)(=O)O)c1C.O.O. The summed E-state index contributed by atoms with van der Waals surface area (Å²) in [6.07, 6.45) is 0. The van der Waals surface area contributed by atoms with E-state index in [4.69, 9.17) is 4.55 Å². The molecule has 0 fully saturated rings. The molecule has 6 heteroatoms. The van der Waals surface area contributed by atoms with Gasteiger partial charge >= 0.3 is 0 Å². The molecule has 0 spiro atoms. The van der Waals surface area contributed by atoms with Gasteiger partial charge in [-0.05, 0) is 31.0 Å². The topological polar surface area (TPSA) is 117 Å². The van der Waals surface area contributed by atoms with Crippen molar-refractivity contribution in [2.45, 2.75) is 18.7 Å². The van der Waals surface area contributed by atoms with Crippen molar-refractivity contribution in [3.63, 3.8) is 0 Å². The van der Waals surface area contributed by atoms with Crippen LogP contribution in [0.4, 0.5) is 0 Å². The van der Waals surface area contributed by atoms with E-state index in [0.29, 0.717) is 5.56 Å². The lowest BCUT2D eigenvalue weighted by Gasteiger charge is -2.03. The molecule has 1 aromatic rings. The van der Waals surface area contributed by atoms with Crippen molar-refractivity contribution < 1.29 is 23.9 Å². The van der Waals surface area contributed by atoms with E-state index in [1.54, 1.807) is 26.0 Å². The Kier molecular flexibility index (Phi) is 5.61. The summed E-state index contributed by atoms with van der Waals surface area (Å²) in [4.78, 5) is -0.0116. The highest BCUT2D eigenvalue weighted by Crippen LogP contribution is 2.17. The summed E-state index contributed by atoms with van der Waals surface area (Å²) < 4.78 is 30.3.